The SMILES string of the molecule is C=C/C=C(\N=C(/N)Cc1ccccc1)c1sc(NC(=O)N2CCC[C@H]2C(N)=O)nc1C. The fourth-order valence-electron chi connectivity index (χ4n) is 3.43. The number of benzene rings is 1. The molecule has 1 saturated heterocycles. The van der Waals surface area contributed by atoms with Gasteiger partial charge < -0.3 is 16.4 Å². The summed E-state index contributed by atoms with van der Waals surface area (Å²) in [5.41, 5.74) is 14.0. The number of likely N-dealkylation sites (tertiary alicyclic amines) is 1. The topological polar surface area (TPSA) is 127 Å². The van der Waals surface area contributed by atoms with Crippen LogP contribution in [0.2, 0.25) is 0 Å². The van der Waals surface area contributed by atoms with Crippen LogP contribution in [0.25, 0.3) is 5.70 Å². The van der Waals surface area contributed by atoms with Gasteiger partial charge in [0.15, 0.2) is 5.13 Å². The Kier molecular flexibility index (Phi) is 7.19. The van der Waals surface area contributed by atoms with E-state index in [1.54, 1.807) is 12.2 Å². The zero-order chi connectivity index (χ0) is 22.4. The molecule has 0 spiro atoms. The third kappa shape index (κ3) is 5.58. The normalized spacial score (nSPS) is 16.9. The van der Waals surface area contributed by atoms with Crippen LogP contribution < -0.4 is 16.8 Å². The Morgan fingerprint density at radius 2 is 2.10 bits per heavy atom. The highest BCUT2D eigenvalue weighted by Gasteiger charge is 2.33. The number of hydrogen-bond acceptors (Lipinski definition) is 5. The van der Waals surface area contributed by atoms with Gasteiger partial charge in [-0.25, -0.2) is 14.8 Å². The monoisotopic (exact) mass is 438 g/mol. The van der Waals surface area contributed by atoms with Gasteiger partial charge in [-0.2, -0.15) is 0 Å². The predicted octanol–water partition coefficient (Wildman–Crippen LogP) is 3.06. The maximum absolute atomic E-state index is 12.6. The van der Waals surface area contributed by atoms with Crippen LogP contribution in [0.1, 0.15) is 29.0 Å². The number of carbonyl (C=O) groups excluding carboxylic acids is 2. The lowest BCUT2D eigenvalue weighted by Crippen LogP contribution is -2.45. The Morgan fingerprint density at radius 1 is 1.35 bits per heavy atom. The van der Waals surface area contributed by atoms with Crippen molar-refractivity contribution in [2.24, 2.45) is 16.5 Å². The molecule has 1 fully saturated rings. The van der Waals surface area contributed by atoms with Crippen molar-refractivity contribution in [3.63, 3.8) is 0 Å². The summed E-state index contributed by atoms with van der Waals surface area (Å²) < 4.78 is 0. The number of anilines is 1. The first kappa shape index (κ1) is 22.2. The molecule has 3 amide bonds. The molecule has 0 radical (unpaired) electrons. The summed E-state index contributed by atoms with van der Waals surface area (Å²) in [5, 5.41) is 3.19. The van der Waals surface area contributed by atoms with Crippen molar-refractivity contribution in [3.05, 3.63) is 65.2 Å². The molecule has 2 heterocycles. The van der Waals surface area contributed by atoms with Crippen molar-refractivity contribution < 1.29 is 9.59 Å². The lowest BCUT2D eigenvalue weighted by molar-refractivity contribution is -0.121. The van der Waals surface area contributed by atoms with Gasteiger partial charge in [-0.1, -0.05) is 54.3 Å². The second kappa shape index (κ2) is 10.0. The number of allylic oxidation sites excluding steroid dienone is 2. The summed E-state index contributed by atoms with van der Waals surface area (Å²) in [4.78, 5) is 35.4. The molecule has 8 nitrogen and oxygen atoms in total. The number of carbonyl (C=O) groups is 2. The number of nitrogens with two attached hydrogens (primary N) is 2. The van der Waals surface area contributed by atoms with E-state index in [9.17, 15) is 9.59 Å². The van der Waals surface area contributed by atoms with E-state index < -0.39 is 11.9 Å². The third-order valence-corrected chi connectivity index (χ3v) is 5.95. The largest absolute Gasteiger partial charge is 0.387 e. The number of nitrogens with one attached hydrogen (secondary N) is 1. The van der Waals surface area contributed by atoms with Gasteiger partial charge in [-0.15, -0.1) is 0 Å². The van der Waals surface area contributed by atoms with Crippen LogP contribution >= 0.6 is 11.3 Å². The Morgan fingerprint density at radius 3 is 2.77 bits per heavy atom. The molecule has 3 rings (SSSR count). The highest BCUT2D eigenvalue weighted by Crippen LogP contribution is 2.31. The molecule has 1 atom stereocenters. The second-order valence-electron chi connectivity index (χ2n) is 7.17. The van der Waals surface area contributed by atoms with E-state index >= 15 is 0 Å². The van der Waals surface area contributed by atoms with Crippen LogP contribution in [-0.4, -0.2) is 40.2 Å². The Labute approximate surface area is 185 Å². The number of thiazole rings is 1. The minimum Gasteiger partial charge on any atom is -0.387 e. The van der Waals surface area contributed by atoms with Crippen molar-refractivity contribution in [1.29, 1.82) is 0 Å². The van der Waals surface area contributed by atoms with Crippen molar-refractivity contribution >= 4 is 39.9 Å². The second-order valence-corrected chi connectivity index (χ2v) is 8.17. The molecule has 9 heteroatoms. The number of nitrogens with zero attached hydrogens (tertiary/aromatic N) is 3. The van der Waals surface area contributed by atoms with E-state index in [1.807, 2.05) is 37.3 Å². The van der Waals surface area contributed by atoms with Crippen LogP contribution in [0.15, 0.2) is 54.1 Å². The van der Waals surface area contributed by atoms with E-state index in [1.165, 1.54) is 16.2 Å². The fraction of sp³-hybridized carbons (Fsp3) is 0.273. The van der Waals surface area contributed by atoms with Crippen molar-refractivity contribution in [3.8, 4) is 0 Å². The van der Waals surface area contributed by atoms with Gasteiger partial charge >= 0.3 is 6.03 Å². The first-order valence-corrected chi connectivity index (χ1v) is 10.7. The van der Waals surface area contributed by atoms with Gasteiger partial charge in [0.05, 0.1) is 16.3 Å². The molecule has 5 N–H and O–H groups in total. The van der Waals surface area contributed by atoms with Crippen LogP contribution in [0.3, 0.4) is 0 Å². The zero-order valence-electron chi connectivity index (χ0n) is 17.4. The maximum atomic E-state index is 12.6. The van der Waals surface area contributed by atoms with E-state index in [-0.39, 0.29) is 6.03 Å². The standard InChI is InChI=1S/C22H26N6O2S/c1-3-8-16(26-18(23)13-15-9-5-4-6-10-15)19-14(2)25-21(31-19)27-22(30)28-12-7-11-17(28)20(24)29/h3-6,8-10,17H,1,7,11-13H2,2H3,(H2,23,26)(H2,24,29)(H,25,27,30)/b16-8-/t17-/m0/s1. The number of rotatable bonds is 7. The Bertz CT molecular complexity index is 1030. The number of urea groups is 1. The van der Waals surface area contributed by atoms with Crippen molar-refractivity contribution in [1.82, 2.24) is 9.88 Å². The number of aliphatic imine (C=N–C) groups is 1. The molecule has 0 aliphatic carbocycles. The summed E-state index contributed by atoms with van der Waals surface area (Å²) in [6.45, 7) is 6.08. The minimum absolute atomic E-state index is 0.386. The third-order valence-electron chi connectivity index (χ3n) is 4.85. The van der Waals surface area contributed by atoms with Crippen molar-refractivity contribution in [2.75, 3.05) is 11.9 Å². The number of hydrogen-bond donors (Lipinski definition) is 3. The quantitative estimate of drug-likeness (QED) is 0.349. The zero-order valence-corrected chi connectivity index (χ0v) is 18.2. The Balaban J connectivity index is 1.77. The van der Waals surface area contributed by atoms with Crippen molar-refractivity contribution in [2.45, 2.75) is 32.2 Å². The lowest BCUT2D eigenvalue weighted by Gasteiger charge is -2.21. The number of amidine groups is 1. The summed E-state index contributed by atoms with van der Waals surface area (Å²) in [6.07, 6.45) is 5.22. The molecule has 31 heavy (non-hydrogen) atoms. The molecule has 0 saturated carbocycles. The smallest absolute Gasteiger partial charge is 0.324 e. The molecule has 1 aliphatic heterocycles. The number of aromatic nitrogens is 1. The van der Waals surface area contributed by atoms with Gasteiger partial charge in [0.1, 0.15) is 11.9 Å². The molecule has 0 unspecified atom stereocenters. The molecule has 1 aliphatic rings. The Hall–Kier alpha value is -3.46. The van der Waals surface area contributed by atoms with Gasteiger partial charge in [-0.05, 0) is 31.4 Å². The van der Waals surface area contributed by atoms with Crippen LogP contribution in [0.5, 0.6) is 0 Å². The summed E-state index contributed by atoms with van der Waals surface area (Å²) in [7, 11) is 0. The van der Waals surface area contributed by atoms with E-state index in [0.717, 1.165) is 16.9 Å². The molecule has 1 aromatic heterocycles. The summed E-state index contributed by atoms with van der Waals surface area (Å²) in [6, 6.07) is 8.86. The van der Waals surface area contributed by atoms with Gasteiger partial charge in [-0.3, -0.25) is 10.1 Å². The molecular formula is C22H26N6O2S. The predicted molar refractivity (Wildman–Crippen MR) is 125 cm³/mol. The van der Waals surface area contributed by atoms with E-state index in [2.05, 4.69) is 21.9 Å². The average molecular weight is 439 g/mol. The molecular weight excluding hydrogens is 412 g/mol. The first-order valence-electron chi connectivity index (χ1n) is 9.93. The van der Waals surface area contributed by atoms with Gasteiger partial charge in [0.25, 0.3) is 0 Å². The number of primary amides is 1. The highest BCUT2D eigenvalue weighted by molar-refractivity contribution is 7.17. The summed E-state index contributed by atoms with van der Waals surface area (Å²) >= 11 is 1.29. The van der Waals surface area contributed by atoms with Crippen LogP contribution in [-0.2, 0) is 11.2 Å². The number of amides is 3. The van der Waals surface area contributed by atoms with E-state index in [4.69, 9.17) is 11.5 Å². The molecule has 162 valence electrons. The molecule has 1 aromatic carbocycles. The lowest BCUT2D eigenvalue weighted by atomic mass is 10.1. The molecule has 0 bridgehead atoms. The van der Waals surface area contributed by atoms with Gasteiger partial charge in [0, 0.05) is 13.0 Å². The van der Waals surface area contributed by atoms with Gasteiger partial charge in [0.2, 0.25) is 5.91 Å². The highest BCUT2D eigenvalue weighted by atomic mass is 32.1. The van der Waals surface area contributed by atoms with Crippen LogP contribution in [0.4, 0.5) is 9.93 Å². The maximum Gasteiger partial charge on any atom is 0.324 e. The fourth-order valence-corrected chi connectivity index (χ4v) is 4.36. The van der Waals surface area contributed by atoms with Crippen LogP contribution in [0, 0.1) is 6.92 Å². The average Bonchev–Trinajstić information content (AvgIpc) is 3.35. The van der Waals surface area contributed by atoms with E-state index in [0.29, 0.717) is 41.7 Å². The number of aryl methyl sites for hydroxylation is 1. The minimum atomic E-state index is -0.584. The molecule has 2 aromatic rings. The summed E-state index contributed by atoms with van der Waals surface area (Å²) in [5.74, 6) is -0.0397. The first-order chi connectivity index (χ1) is 14.9.